The lowest BCUT2D eigenvalue weighted by molar-refractivity contribution is -0.140. The van der Waals surface area contributed by atoms with Crippen molar-refractivity contribution in [1.82, 2.24) is 4.98 Å². The van der Waals surface area contributed by atoms with E-state index in [1.165, 1.54) is 0 Å². The summed E-state index contributed by atoms with van der Waals surface area (Å²) in [4.78, 5) is 15.8. The van der Waals surface area contributed by atoms with Gasteiger partial charge < -0.3 is 15.8 Å². The third-order valence-electron chi connectivity index (χ3n) is 2.69. The molecule has 0 saturated carbocycles. The number of nitrogen functional groups attached to an aromatic ring is 1. The van der Waals surface area contributed by atoms with Crippen LogP contribution in [0.1, 0.15) is 12.6 Å². The molecule has 0 unspecified atom stereocenters. The van der Waals surface area contributed by atoms with E-state index in [0.29, 0.717) is 12.3 Å². The van der Waals surface area contributed by atoms with E-state index in [1.54, 1.807) is 6.92 Å². The van der Waals surface area contributed by atoms with E-state index in [-0.39, 0.29) is 12.5 Å². The molecule has 1 aromatic heterocycles. The summed E-state index contributed by atoms with van der Waals surface area (Å²) < 4.78 is 4.89. The first-order valence-corrected chi connectivity index (χ1v) is 6.16. The zero-order valence-electron chi connectivity index (χ0n) is 11.1. The molecule has 5 heteroatoms. The van der Waals surface area contributed by atoms with Crippen molar-refractivity contribution in [3.63, 3.8) is 0 Å². The Balaban J connectivity index is 2.30. The Bertz CT molecular complexity index is 611. The number of pyridine rings is 1. The highest BCUT2D eigenvalue weighted by Gasteiger charge is 2.07. The number of carbonyl (C=O) groups is 1. The minimum atomic E-state index is -0.283. The van der Waals surface area contributed by atoms with Gasteiger partial charge in [0.05, 0.1) is 12.1 Å². The van der Waals surface area contributed by atoms with Gasteiger partial charge in [-0.2, -0.15) is 0 Å². The molecule has 0 radical (unpaired) electrons. The number of benzene rings is 1. The van der Waals surface area contributed by atoms with Crippen molar-refractivity contribution in [2.24, 2.45) is 0 Å². The second kappa shape index (κ2) is 5.56. The molecule has 0 aliphatic heterocycles. The molecule has 0 bridgehead atoms. The number of nitrogens with two attached hydrogens (primary N) is 1. The second-order valence-electron chi connectivity index (χ2n) is 4.25. The number of esters is 1. The van der Waals surface area contributed by atoms with Gasteiger partial charge in [0, 0.05) is 22.5 Å². The number of hydrogen-bond donors (Lipinski definition) is 2. The van der Waals surface area contributed by atoms with Crippen LogP contribution in [-0.4, -0.2) is 24.1 Å². The summed E-state index contributed by atoms with van der Waals surface area (Å²) in [6.07, 6.45) is 0. The van der Waals surface area contributed by atoms with Gasteiger partial charge in [0.15, 0.2) is 0 Å². The van der Waals surface area contributed by atoms with Crippen LogP contribution in [0.3, 0.4) is 0 Å². The van der Waals surface area contributed by atoms with E-state index < -0.39 is 0 Å². The molecule has 3 N–H and O–H groups in total. The zero-order valence-corrected chi connectivity index (χ0v) is 11.1. The first-order valence-electron chi connectivity index (χ1n) is 6.16. The minimum absolute atomic E-state index is 0.126. The molecule has 19 heavy (non-hydrogen) atoms. The standard InChI is InChI=1S/C14H17N3O2/c1-3-19-14(18)8-16-13-6-9(2)17-12-5-4-10(15)7-11(12)13/h4-7H,3,8,15H2,1-2H3,(H,16,17). The second-order valence-corrected chi connectivity index (χ2v) is 4.25. The summed E-state index contributed by atoms with van der Waals surface area (Å²) >= 11 is 0. The predicted octanol–water partition coefficient (Wildman–Crippen LogP) is 2.10. The van der Waals surface area contributed by atoms with Crippen LogP contribution in [-0.2, 0) is 9.53 Å². The fourth-order valence-electron chi connectivity index (χ4n) is 1.90. The van der Waals surface area contributed by atoms with Gasteiger partial charge in [-0.05, 0) is 38.1 Å². The number of rotatable bonds is 4. The van der Waals surface area contributed by atoms with Gasteiger partial charge in [-0.1, -0.05) is 0 Å². The number of nitrogens with zero attached hydrogens (tertiary/aromatic N) is 1. The van der Waals surface area contributed by atoms with Gasteiger partial charge in [-0.25, -0.2) is 0 Å². The van der Waals surface area contributed by atoms with Crippen molar-refractivity contribution in [3.05, 3.63) is 30.0 Å². The van der Waals surface area contributed by atoms with Crippen molar-refractivity contribution in [2.45, 2.75) is 13.8 Å². The average Bonchev–Trinajstić information content (AvgIpc) is 2.37. The maximum atomic E-state index is 11.4. The van der Waals surface area contributed by atoms with Gasteiger partial charge >= 0.3 is 5.97 Å². The first-order chi connectivity index (χ1) is 9.10. The molecule has 0 saturated heterocycles. The van der Waals surface area contributed by atoms with E-state index in [0.717, 1.165) is 22.3 Å². The summed E-state index contributed by atoms with van der Waals surface area (Å²) in [5.74, 6) is -0.283. The number of hydrogen-bond acceptors (Lipinski definition) is 5. The minimum Gasteiger partial charge on any atom is -0.465 e. The van der Waals surface area contributed by atoms with E-state index in [9.17, 15) is 4.79 Å². The van der Waals surface area contributed by atoms with Crippen molar-refractivity contribution in [2.75, 3.05) is 24.2 Å². The van der Waals surface area contributed by atoms with Crippen molar-refractivity contribution >= 4 is 28.2 Å². The molecular weight excluding hydrogens is 242 g/mol. The Morgan fingerprint density at radius 1 is 1.42 bits per heavy atom. The lowest BCUT2D eigenvalue weighted by atomic mass is 10.1. The largest absolute Gasteiger partial charge is 0.465 e. The van der Waals surface area contributed by atoms with Gasteiger partial charge in [0.2, 0.25) is 0 Å². The van der Waals surface area contributed by atoms with Gasteiger partial charge in [0.1, 0.15) is 6.54 Å². The third-order valence-corrected chi connectivity index (χ3v) is 2.69. The van der Waals surface area contributed by atoms with E-state index in [1.807, 2.05) is 31.2 Å². The molecule has 0 fully saturated rings. The topological polar surface area (TPSA) is 77.2 Å². The smallest absolute Gasteiger partial charge is 0.325 e. The molecule has 100 valence electrons. The Morgan fingerprint density at radius 2 is 2.21 bits per heavy atom. The quantitative estimate of drug-likeness (QED) is 0.649. The molecule has 1 aromatic carbocycles. The third kappa shape index (κ3) is 3.13. The molecule has 0 spiro atoms. The number of aromatic nitrogens is 1. The van der Waals surface area contributed by atoms with Gasteiger partial charge in [-0.3, -0.25) is 9.78 Å². The van der Waals surface area contributed by atoms with E-state index in [4.69, 9.17) is 10.5 Å². The number of anilines is 2. The van der Waals surface area contributed by atoms with Crippen molar-refractivity contribution < 1.29 is 9.53 Å². The normalized spacial score (nSPS) is 10.4. The van der Waals surface area contributed by atoms with Crippen molar-refractivity contribution in [3.8, 4) is 0 Å². The molecule has 1 heterocycles. The summed E-state index contributed by atoms with van der Waals surface area (Å²) in [5, 5.41) is 3.97. The summed E-state index contributed by atoms with van der Waals surface area (Å²) in [7, 11) is 0. The van der Waals surface area contributed by atoms with Crippen LogP contribution in [0.5, 0.6) is 0 Å². The Kier molecular flexibility index (Phi) is 3.85. The first kappa shape index (κ1) is 13.1. The number of nitrogens with one attached hydrogen (secondary N) is 1. The van der Waals surface area contributed by atoms with Crippen LogP contribution in [0.15, 0.2) is 24.3 Å². The fraction of sp³-hybridized carbons (Fsp3) is 0.286. The fourth-order valence-corrected chi connectivity index (χ4v) is 1.90. The van der Waals surface area contributed by atoms with Crippen LogP contribution in [0.4, 0.5) is 11.4 Å². The highest BCUT2D eigenvalue weighted by atomic mass is 16.5. The molecule has 0 amide bonds. The lowest BCUT2D eigenvalue weighted by Crippen LogP contribution is -2.17. The van der Waals surface area contributed by atoms with E-state index >= 15 is 0 Å². The summed E-state index contributed by atoms with van der Waals surface area (Å²) in [6.45, 7) is 4.20. The van der Waals surface area contributed by atoms with Crippen LogP contribution >= 0.6 is 0 Å². The number of ether oxygens (including phenoxy) is 1. The molecule has 0 aliphatic rings. The van der Waals surface area contributed by atoms with Gasteiger partial charge in [-0.15, -0.1) is 0 Å². The number of fused-ring (bicyclic) bond motifs is 1. The number of carbonyl (C=O) groups excluding carboxylic acids is 1. The Morgan fingerprint density at radius 3 is 2.95 bits per heavy atom. The molecule has 5 nitrogen and oxygen atoms in total. The zero-order chi connectivity index (χ0) is 13.8. The summed E-state index contributed by atoms with van der Waals surface area (Å²) in [5.41, 5.74) is 9.01. The van der Waals surface area contributed by atoms with Crippen LogP contribution in [0, 0.1) is 6.92 Å². The highest BCUT2D eigenvalue weighted by molar-refractivity contribution is 5.94. The molecule has 0 atom stereocenters. The summed E-state index contributed by atoms with van der Waals surface area (Å²) in [6, 6.07) is 7.41. The molecular formula is C14H17N3O2. The molecule has 2 rings (SSSR count). The lowest BCUT2D eigenvalue weighted by Gasteiger charge is -2.10. The highest BCUT2D eigenvalue weighted by Crippen LogP contribution is 2.25. The van der Waals surface area contributed by atoms with Crippen LogP contribution in [0.25, 0.3) is 10.9 Å². The maximum absolute atomic E-state index is 11.4. The van der Waals surface area contributed by atoms with Crippen molar-refractivity contribution in [1.29, 1.82) is 0 Å². The SMILES string of the molecule is CCOC(=O)CNc1cc(C)nc2ccc(N)cc12. The van der Waals surface area contributed by atoms with Crippen LogP contribution < -0.4 is 11.1 Å². The Hall–Kier alpha value is -2.30. The van der Waals surface area contributed by atoms with E-state index in [2.05, 4.69) is 10.3 Å². The number of aryl methyl sites for hydroxylation is 1. The Labute approximate surface area is 111 Å². The molecule has 0 aliphatic carbocycles. The van der Waals surface area contributed by atoms with Gasteiger partial charge in [0.25, 0.3) is 0 Å². The average molecular weight is 259 g/mol. The predicted molar refractivity (Wildman–Crippen MR) is 76.0 cm³/mol. The monoisotopic (exact) mass is 259 g/mol. The maximum Gasteiger partial charge on any atom is 0.325 e. The molecule has 2 aromatic rings. The van der Waals surface area contributed by atoms with Crippen LogP contribution in [0.2, 0.25) is 0 Å².